The molecule has 0 fully saturated rings. The second-order valence-corrected chi connectivity index (χ2v) is 6.39. The van der Waals surface area contributed by atoms with Gasteiger partial charge in [-0.1, -0.05) is 12.8 Å². The van der Waals surface area contributed by atoms with E-state index < -0.39 is 16.1 Å². The van der Waals surface area contributed by atoms with E-state index in [1.54, 1.807) is 6.07 Å². The maximum Gasteiger partial charge on any atom is 0.245 e. The van der Waals surface area contributed by atoms with Gasteiger partial charge in [0.1, 0.15) is 10.6 Å². The first-order valence-corrected chi connectivity index (χ1v) is 8.00. The highest BCUT2D eigenvalue weighted by molar-refractivity contribution is 7.89. The van der Waals surface area contributed by atoms with Gasteiger partial charge in [-0.3, -0.25) is 0 Å². The SMILES string of the molecule is C#CC(CC)NS(=O)(=O)c1cc(N)cc2c1OCCC2. The van der Waals surface area contributed by atoms with Gasteiger partial charge >= 0.3 is 0 Å². The molecule has 0 bridgehead atoms. The first kappa shape index (κ1) is 14.7. The summed E-state index contributed by atoms with van der Waals surface area (Å²) >= 11 is 0. The van der Waals surface area contributed by atoms with Crippen LogP contribution < -0.4 is 15.2 Å². The highest BCUT2D eigenvalue weighted by Gasteiger charge is 2.26. The summed E-state index contributed by atoms with van der Waals surface area (Å²) in [5.41, 5.74) is 7.02. The van der Waals surface area contributed by atoms with Crippen molar-refractivity contribution in [3.63, 3.8) is 0 Å². The number of anilines is 1. The minimum absolute atomic E-state index is 0.0703. The highest BCUT2D eigenvalue weighted by Crippen LogP contribution is 2.34. The molecule has 1 heterocycles. The number of fused-ring (bicyclic) bond motifs is 1. The molecule has 1 atom stereocenters. The predicted octanol–water partition coefficient (Wildman–Crippen LogP) is 1.28. The number of ether oxygens (including phenoxy) is 1. The maximum absolute atomic E-state index is 12.4. The molecule has 0 spiro atoms. The summed E-state index contributed by atoms with van der Waals surface area (Å²) < 4.78 is 32.9. The molecule has 3 N–H and O–H groups in total. The molecule has 1 unspecified atom stereocenters. The van der Waals surface area contributed by atoms with Crippen LogP contribution in [0, 0.1) is 12.3 Å². The van der Waals surface area contributed by atoms with Gasteiger partial charge in [0.05, 0.1) is 12.6 Å². The minimum atomic E-state index is -3.75. The van der Waals surface area contributed by atoms with Crippen LogP contribution in [0.4, 0.5) is 5.69 Å². The molecule has 20 heavy (non-hydrogen) atoms. The molecule has 108 valence electrons. The average molecular weight is 294 g/mol. The number of aryl methyl sites for hydroxylation is 1. The first-order chi connectivity index (χ1) is 9.47. The van der Waals surface area contributed by atoms with Crippen molar-refractivity contribution in [3.8, 4) is 18.1 Å². The second-order valence-electron chi connectivity index (χ2n) is 4.71. The molecule has 0 aromatic heterocycles. The van der Waals surface area contributed by atoms with Gasteiger partial charge in [0.25, 0.3) is 0 Å². The molecule has 1 aromatic rings. The molecule has 0 radical (unpaired) electrons. The van der Waals surface area contributed by atoms with Crippen LogP contribution in [0.1, 0.15) is 25.3 Å². The number of hydrogen-bond acceptors (Lipinski definition) is 4. The molecule has 5 nitrogen and oxygen atoms in total. The summed E-state index contributed by atoms with van der Waals surface area (Å²) in [6.45, 7) is 2.32. The lowest BCUT2D eigenvalue weighted by Crippen LogP contribution is -2.34. The summed E-state index contributed by atoms with van der Waals surface area (Å²) in [7, 11) is -3.75. The van der Waals surface area contributed by atoms with Gasteiger partial charge < -0.3 is 10.5 Å². The van der Waals surface area contributed by atoms with Crippen LogP contribution in [-0.4, -0.2) is 21.1 Å². The van der Waals surface area contributed by atoms with Crippen LogP contribution in [0.5, 0.6) is 5.75 Å². The molecular formula is C14H18N2O3S. The molecule has 1 aliphatic heterocycles. The van der Waals surface area contributed by atoms with E-state index in [4.69, 9.17) is 16.9 Å². The first-order valence-electron chi connectivity index (χ1n) is 6.51. The van der Waals surface area contributed by atoms with Crippen LogP contribution in [0.15, 0.2) is 17.0 Å². The fourth-order valence-electron chi connectivity index (χ4n) is 2.16. The van der Waals surface area contributed by atoms with Gasteiger partial charge in [0, 0.05) is 5.69 Å². The number of nitrogens with two attached hydrogens (primary N) is 1. The number of terminal acetylenes is 1. The molecular weight excluding hydrogens is 276 g/mol. The Bertz CT molecular complexity index is 647. The minimum Gasteiger partial charge on any atom is -0.492 e. The van der Waals surface area contributed by atoms with Crippen molar-refractivity contribution in [1.82, 2.24) is 4.72 Å². The van der Waals surface area contributed by atoms with E-state index in [0.717, 1.165) is 18.4 Å². The van der Waals surface area contributed by atoms with Crippen LogP contribution >= 0.6 is 0 Å². The van der Waals surface area contributed by atoms with Crippen LogP contribution in [-0.2, 0) is 16.4 Å². The fourth-order valence-corrected chi connectivity index (χ4v) is 3.62. The Morgan fingerprint density at radius 3 is 2.95 bits per heavy atom. The molecule has 0 saturated carbocycles. The topological polar surface area (TPSA) is 81.4 Å². The smallest absolute Gasteiger partial charge is 0.245 e. The standard InChI is InChI=1S/C14H18N2O3S/c1-3-12(4-2)16-20(17,18)13-9-11(15)8-10-6-5-7-19-14(10)13/h1,8-9,12,16H,4-7,15H2,2H3. The number of benzene rings is 1. The van der Waals surface area contributed by atoms with E-state index in [2.05, 4.69) is 10.6 Å². The van der Waals surface area contributed by atoms with Crippen molar-refractivity contribution in [1.29, 1.82) is 0 Å². The Balaban J connectivity index is 2.46. The zero-order valence-electron chi connectivity index (χ0n) is 11.3. The number of sulfonamides is 1. The van der Waals surface area contributed by atoms with Gasteiger partial charge in [-0.15, -0.1) is 6.42 Å². The summed E-state index contributed by atoms with van der Waals surface area (Å²) in [5, 5.41) is 0. The van der Waals surface area contributed by atoms with Crippen molar-refractivity contribution in [3.05, 3.63) is 17.7 Å². The Morgan fingerprint density at radius 2 is 2.30 bits per heavy atom. The molecule has 1 aliphatic rings. The van der Waals surface area contributed by atoms with Crippen molar-refractivity contribution < 1.29 is 13.2 Å². The van der Waals surface area contributed by atoms with Crippen LogP contribution in [0.3, 0.4) is 0 Å². The third kappa shape index (κ3) is 2.89. The Morgan fingerprint density at radius 1 is 1.55 bits per heavy atom. The molecule has 0 aliphatic carbocycles. The normalized spacial score (nSPS) is 15.8. The van der Waals surface area contributed by atoms with Gasteiger partial charge in [0.2, 0.25) is 10.0 Å². The number of nitrogen functional groups attached to an aromatic ring is 1. The third-order valence-corrected chi connectivity index (χ3v) is 4.66. The van der Waals surface area contributed by atoms with Crippen LogP contribution in [0.25, 0.3) is 0 Å². The summed E-state index contributed by atoms with van der Waals surface area (Å²) in [6.07, 6.45) is 7.43. The van der Waals surface area contributed by atoms with Gasteiger partial charge in [0.15, 0.2) is 0 Å². The highest BCUT2D eigenvalue weighted by atomic mass is 32.2. The lowest BCUT2D eigenvalue weighted by Gasteiger charge is -2.22. The van der Waals surface area contributed by atoms with E-state index in [0.29, 0.717) is 24.5 Å². The Hall–Kier alpha value is -1.71. The van der Waals surface area contributed by atoms with Crippen LogP contribution in [0.2, 0.25) is 0 Å². The average Bonchev–Trinajstić information content (AvgIpc) is 2.43. The summed E-state index contributed by atoms with van der Waals surface area (Å²) in [6, 6.07) is 2.63. The number of rotatable bonds is 4. The largest absolute Gasteiger partial charge is 0.492 e. The van der Waals surface area contributed by atoms with Crippen molar-refractivity contribution >= 4 is 15.7 Å². The lowest BCUT2D eigenvalue weighted by molar-refractivity contribution is 0.280. The number of hydrogen-bond donors (Lipinski definition) is 2. The monoisotopic (exact) mass is 294 g/mol. The predicted molar refractivity (Wildman–Crippen MR) is 77.9 cm³/mol. The fraction of sp³-hybridized carbons (Fsp3) is 0.429. The van der Waals surface area contributed by atoms with Crippen molar-refractivity contribution in [2.75, 3.05) is 12.3 Å². The lowest BCUT2D eigenvalue weighted by atomic mass is 10.1. The Kier molecular flexibility index (Phi) is 4.21. The molecule has 0 saturated heterocycles. The maximum atomic E-state index is 12.4. The summed E-state index contributed by atoms with van der Waals surface area (Å²) in [5.74, 6) is 2.80. The van der Waals surface area contributed by atoms with Gasteiger partial charge in [-0.2, -0.15) is 4.72 Å². The molecule has 6 heteroatoms. The molecule has 1 aromatic carbocycles. The van der Waals surface area contributed by atoms with E-state index in [9.17, 15) is 8.42 Å². The zero-order valence-corrected chi connectivity index (χ0v) is 12.2. The number of nitrogens with one attached hydrogen (secondary N) is 1. The van der Waals surface area contributed by atoms with E-state index in [-0.39, 0.29) is 4.90 Å². The van der Waals surface area contributed by atoms with Gasteiger partial charge in [-0.25, -0.2) is 8.42 Å². The van der Waals surface area contributed by atoms with Crippen molar-refractivity contribution in [2.45, 2.75) is 37.1 Å². The quantitative estimate of drug-likeness (QED) is 0.647. The third-order valence-electron chi connectivity index (χ3n) is 3.19. The second kappa shape index (κ2) is 5.73. The van der Waals surface area contributed by atoms with Crippen molar-refractivity contribution in [2.24, 2.45) is 0 Å². The Labute approximate surface area is 119 Å². The van der Waals surface area contributed by atoms with Gasteiger partial charge in [-0.05, 0) is 37.0 Å². The van der Waals surface area contributed by atoms with E-state index in [1.165, 1.54) is 6.07 Å². The molecule has 0 amide bonds. The summed E-state index contributed by atoms with van der Waals surface area (Å²) in [4.78, 5) is 0.0703. The zero-order chi connectivity index (χ0) is 14.8. The molecule has 2 rings (SSSR count). The van der Waals surface area contributed by atoms with E-state index >= 15 is 0 Å². The van der Waals surface area contributed by atoms with E-state index in [1.807, 2.05) is 6.92 Å².